The molecular weight excluding hydrogens is 224 g/mol. The molecule has 2 aromatic rings. The summed E-state index contributed by atoms with van der Waals surface area (Å²) in [6, 6.07) is 7.55. The minimum atomic E-state index is -0.0704. The van der Waals surface area contributed by atoms with Crippen molar-refractivity contribution in [2.24, 2.45) is 0 Å². The summed E-state index contributed by atoms with van der Waals surface area (Å²) in [5, 5.41) is 4.10. The number of halogens is 1. The highest BCUT2D eigenvalue weighted by Gasteiger charge is 2.08. The molecule has 0 aliphatic heterocycles. The van der Waals surface area contributed by atoms with Crippen LogP contribution in [-0.2, 0) is 4.79 Å². The second-order valence-corrected chi connectivity index (χ2v) is 3.78. The molecule has 16 heavy (non-hydrogen) atoms. The van der Waals surface area contributed by atoms with E-state index in [0.717, 1.165) is 10.9 Å². The fourth-order valence-electron chi connectivity index (χ4n) is 1.43. The number of anilines is 1. The Balaban J connectivity index is 2.48. The molecule has 0 unspecified atom stereocenters. The van der Waals surface area contributed by atoms with Crippen molar-refractivity contribution in [3.8, 4) is 0 Å². The fraction of sp³-hybridized carbons (Fsp3) is 0.167. The Morgan fingerprint density at radius 3 is 2.94 bits per heavy atom. The van der Waals surface area contributed by atoms with E-state index in [2.05, 4.69) is 10.3 Å². The number of para-hydroxylation sites is 1. The molecule has 0 aliphatic rings. The Morgan fingerprint density at radius 2 is 2.19 bits per heavy atom. The highest BCUT2D eigenvalue weighted by molar-refractivity contribution is 6.38. The van der Waals surface area contributed by atoms with Gasteiger partial charge in [0.25, 0.3) is 0 Å². The lowest BCUT2D eigenvalue weighted by Gasteiger charge is -2.07. The number of carbonyl (C=O) groups excluding carboxylic acids is 1. The minimum Gasteiger partial charge on any atom is -0.323 e. The maximum absolute atomic E-state index is 11.3. The number of amides is 1. The molecule has 0 spiro atoms. The first-order valence-corrected chi connectivity index (χ1v) is 5.43. The zero-order chi connectivity index (χ0) is 11.5. The van der Waals surface area contributed by atoms with Gasteiger partial charge in [-0.15, -0.1) is 0 Å². The van der Waals surface area contributed by atoms with Gasteiger partial charge in [-0.05, 0) is 6.07 Å². The molecule has 1 aromatic carbocycles. The number of pyridine rings is 1. The highest BCUT2D eigenvalue weighted by atomic mass is 35.5. The smallest absolute Gasteiger partial charge is 0.224 e. The minimum absolute atomic E-state index is 0.0704. The van der Waals surface area contributed by atoms with Gasteiger partial charge in [0.2, 0.25) is 5.91 Å². The first-order valence-electron chi connectivity index (χ1n) is 5.05. The van der Waals surface area contributed by atoms with E-state index >= 15 is 0 Å². The number of rotatable bonds is 2. The van der Waals surface area contributed by atoms with E-state index in [1.54, 1.807) is 13.1 Å². The average Bonchev–Trinajstić information content (AvgIpc) is 2.33. The van der Waals surface area contributed by atoms with Crippen molar-refractivity contribution in [2.45, 2.75) is 13.3 Å². The molecule has 1 heterocycles. The third-order valence-corrected chi connectivity index (χ3v) is 2.71. The molecule has 0 aliphatic carbocycles. The van der Waals surface area contributed by atoms with Crippen LogP contribution in [0, 0.1) is 0 Å². The van der Waals surface area contributed by atoms with Crippen molar-refractivity contribution < 1.29 is 4.79 Å². The fourth-order valence-corrected chi connectivity index (χ4v) is 1.69. The molecular formula is C12H11ClN2O. The van der Waals surface area contributed by atoms with Crippen LogP contribution in [0.25, 0.3) is 10.9 Å². The van der Waals surface area contributed by atoms with Crippen LogP contribution >= 0.6 is 11.6 Å². The van der Waals surface area contributed by atoms with Gasteiger partial charge in [0.05, 0.1) is 22.4 Å². The van der Waals surface area contributed by atoms with Crippen LogP contribution in [0.15, 0.2) is 30.5 Å². The predicted octanol–water partition coefficient (Wildman–Crippen LogP) is 3.24. The summed E-state index contributed by atoms with van der Waals surface area (Å²) in [5.74, 6) is -0.0704. The number of benzene rings is 1. The summed E-state index contributed by atoms with van der Waals surface area (Å²) in [7, 11) is 0. The van der Waals surface area contributed by atoms with Gasteiger partial charge in [-0.3, -0.25) is 9.78 Å². The SMILES string of the molecule is CCC(=O)Nc1cnc2ccccc2c1Cl. The molecule has 82 valence electrons. The van der Waals surface area contributed by atoms with Gasteiger partial charge in [0.15, 0.2) is 0 Å². The first kappa shape index (κ1) is 10.9. The van der Waals surface area contributed by atoms with E-state index in [4.69, 9.17) is 11.6 Å². The van der Waals surface area contributed by atoms with Gasteiger partial charge in [0.1, 0.15) is 0 Å². The quantitative estimate of drug-likeness (QED) is 0.867. The molecule has 2 rings (SSSR count). The Morgan fingerprint density at radius 1 is 1.44 bits per heavy atom. The largest absolute Gasteiger partial charge is 0.323 e. The average molecular weight is 235 g/mol. The van der Waals surface area contributed by atoms with Crippen LogP contribution in [0.5, 0.6) is 0 Å². The summed E-state index contributed by atoms with van der Waals surface area (Å²) in [6.45, 7) is 1.79. The normalized spacial score (nSPS) is 10.4. The molecule has 1 amide bonds. The third-order valence-electron chi connectivity index (χ3n) is 2.30. The summed E-state index contributed by atoms with van der Waals surface area (Å²) >= 11 is 6.19. The molecule has 0 saturated carbocycles. The second-order valence-electron chi connectivity index (χ2n) is 3.40. The molecule has 0 atom stereocenters. The lowest BCUT2D eigenvalue weighted by Crippen LogP contribution is -2.10. The van der Waals surface area contributed by atoms with Crippen molar-refractivity contribution in [2.75, 3.05) is 5.32 Å². The van der Waals surface area contributed by atoms with E-state index in [0.29, 0.717) is 17.1 Å². The standard InChI is InChI=1S/C12H11ClN2O/c1-2-11(16)15-10-7-14-9-6-4-3-5-8(9)12(10)13/h3-7H,2H2,1H3,(H,15,16). The Bertz CT molecular complexity index is 540. The van der Waals surface area contributed by atoms with E-state index in [-0.39, 0.29) is 5.91 Å². The number of nitrogens with zero attached hydrogens (tertiary/aromatic N) is 1. The van der Waals surface area contributed by atoms with E-state index in [1.807, 2.05) is 24.3 Å². The van der Waals surface area contributed by atoms with Crippen LogP contribution in [0.1, 0.15) is 13.3 Å². The maximum Gasteiger partial charge on any atom is 0.224 e. The Hall–Kier alpha value is -1.61. The molecule has 1 aromatic heterocycles. The van der Waals surface area contributed by atoms with Crippen molar-refractivity contribution in [1.29, 1.82) is 0 Å². The number of fused-ring (bicyclic) bond motifs is 1. The molecule has 0 radical (unpaired) electrons. The highest BCUT2D eigenvalue weighted by Crippen LogP contribution is 2.29. The van der Waals surface area contributed by atoms with Gasteiger partial charge < -0.3 is 5.32 Å². The van der Waals surface area contributed by atoms with Gasteiger partial charge >= 0.3 is 0 Å². The summed E-state index contributed by atoms with van der Waals surface area (Å²) in [5.41, 5.74) is 1.38. The van der Waals surface area contributed by atoms with Crippen molar-refractivity contribution >= 4 is 34.1 Å². The second kappa shape index (κ2) is 4.49. The lowest BCUT2D eigenvalue weighted by atomic mass is 10.2. The van der Waals surface area contributed by atoms with Crippen LogP contribution in [0.3, 0.4) is 0 Å². The number of aromatic nitrogens is 1. The zero-order valence-corrected chi connectivity index (χ0v) is 9.58. The Labute approximate surface area is 98.4 Å². The molecule has 0 saturated heterocycles. The van der Waals surface area contributed by atoms with Crippen molar-refractivity contribution in [3.63, 3.8) is 0 Å². The predicted molar refractivity (Wildman–Crippen MR) is 65.7 cm³/mol. The van der Waals surface area contributed by atoms with E-state index < -0.39 is 0 Å². The topological polar surface area (TPSA) is 42.0 Å². The number of carbonyl (C=O) groups is 1. The number of hydrogen-bond donors (Lipinski definition) is 1. The first-order chi connectivity index (χ1) is 7.72. The molecule has 4 heteroatoms. The van der Waals surface area contributed by atoms with Crippen LogP contribution in [-0.4, -0.2) is 10.9 Å². The molecule has 1 N–H and O–H groups in total. The van der Waals surface area contributed by atoms with Crippen molar-refractivity contribution in [1.82, 2.24) is 4.98 Å². The van der Waals surface area contributed by atoms with Crippen molar-refractivity contribution in [3.05, 3.63) is 35.5 Å². The third kappa shape index (κ3) is 1.99. The maximum atomic E-state index is 11.3. The molecule has 0 fully saturated rings. The monoisotopic (exact) mass is 234 g/mol. The summed E-state index contributed by atoms with van der Waals surface area (Å²) in [6.07, 6.45) is 2.00. The molecule has 3 nitrogen and oxygen atoms in total. The number of hydrogen-bond acceptors (Lipinski definition) is 2. The van der Waals surface area contributed by atoms with Gasteiger partial charge in [-0.1, -0.05) is 36.7 Å². The van der Waals surface area contributed by atoms with Gasteiger partial charge in [0, 0.05) is 11.8 Å². The Kier molecular flexibility index (Phi) is 3.06. The molecule has 0 bridgehead atoms. The van der Waals surface area contributed by atoms with E-state index in [1.165, 1.54) is 0 Å². The van der Waals surface area contributed by atoms with Crippen LogP contribution in [0.4, 0.5) is 5.69 Å². The summed E-state index contributed by atoms with van der Waals surface area (Å²) < 4.78 is 0. The lowest BCUT2D eigenvalue weighted by molar-refractivity contribution is -0.115. The van der Waals surface area contributed by atoms with E-state index in [9.17, 15) is 4.79 Å². The summed E-state index contributed by atoms with van der Waals surface area (Å²) in [4.78, 5) is 15.5. The number of nitrogens with one attached hydrogen (secondary N) is 1. The van der Waals surface area contributed by atoms with Crippen LogP contribution < -0.4 is 5.32 Å². The van der Waals surface area contributed by atoms with Crippen LogP contribution in [0.2, 0.25) is 5.02 Å². The van der Waals surface area contributed by atoms with Gasteiger partial charge in [-0.2, -0.15) is 0 Å². The zero-order valence-electron chi connectivity index (χ0n) is 8.83. The van der Waals surface area contributed by atoms with Gasteiger partial charge in [-0.25, -0.2) is 0 Å².